The van der Waals surface area contributed by atoms with Crippen molar-refractivity contribution in [2.24, 2.45) is 11.8 Å². The summed E-state index contributed by atoms with van der Waals surface area (Å²) in [5.74, 6) is 0.00171. The molecule has 0 saturated heterocycles. The smallest absolute Gasteiger partial charge is 0.306 e. The fourth-order valence-electron chi connectivity index (χ4n) is 1.82. The summed E-state index contributed by atoms with van der Waals surface area (Å²) in [5.41, 5.74) is 0. The summed E-state index contributed by atoms with van der Waals surface area (Å²) in [4.78, 5) is 22.8. The first-order valence-corrected chi connectivity index (χ1v) is 6.30. The Morgan fingerprint density at radius 1 is 0.941 bits per heavy atom. The average Bonchev–Trinajstić information content (AvgIpc) is 2.16. The Kier molecular flexibility index (Phi) is 8.46. The molecule has 0 unspecified atom stereocenters. The van der Waals surface area contributed by atoms with E-state index in [4.69, 9.17) is 9.47 Å². The molecule has 0 atom stereocenters. The molecule has 0 bridgehead atoms. The molecule has 4 heteroatoms. The van der Waals surface area contributed by atoms with Crippen LogP contribution in [0.5, 0.6) is 0 Å². The van der Waals surface area contributed by atoms with Gasteiger partial charge in [-0.3, -0.25) is 9.59 Å². The molecule has 0 amide bonds. The highest BCUT2D eigenvalue weighted by Gasteiger charge is 2.20. The predicted molar refractivity (Wildman–Crippen MR) is 65.4 cm³/mol. The SMILES string of the molecule is CCOC(=O)CC(CC(=O)OCC)CC(C)C. The van der Waals surface area contributed by atoms with E-state index in [2.05, 4.69) is 13.8 Å². The van der Waals surface area contributed by atoms with Crippen LogP contribution in [0.15, 0.2) is 0 Å². The highest BCUT2D eigenvalue weighted by Crippen LogP contribution is 2.20. The van der Waals surface area contributed by atoms with Crippen LogP contribution in [-0.4, -0.2) is 25.2 Å². The molecule has 0 aliphatic carbocycles. The zero-order valence-corrected chi connectivity index (χ0v) is 11.3. The first-order chi connectivity index (χ1) is 7.99. The molecule has 0 aromatic rings. The van der Waals surface area contributed by atoms with Gasteiger partial charge in [0.05, 0.1) is 13.2 Å². The van der Waals surface area contributed by atoms with E-state index in [0.717, 1.165) is 6.42 Å². The van der Waals surface area contributed by atoms with Crippen molar-refractivity contribution in [2.75, 3.05) is 13.2 Å². The molecular weight excluding hydrogens is 220 g/mol. The summed E-state index contributed by atoms with van der Waals surface area (Å²) in [6.45, 7) is 8.47. The minimum absolute atomic E-state index is 0.0214. The number of carbonyl (C=O) groups is 2. The monoisotopic (exact) mass is 244 g/mol. The maximum absolute atomic E-state index is 11.4. The lowest BCUT2D eigenvalue weighted by Crippen LogP contribution is -2.18. The van der Waals surface area contributed by atoms with Crippen LogP contribution in [0.1, 0.15) is 47.0 Å². The third kappa shape index (κ3) is 8.72. The molecule has 0 spiro atoms. The van der Waals surface area contributed by atoms with Gasteiger partial charge in [-0.1, -0.05) is 13.8 Å². The number of carbonyl (C=O) groups excluding carboxylic acids is 2. The lowest BCUT2D eigenvalue weighted by molar-refractivity contribution is -0.147. The minimum atomic E-state index is -0.234. The van der Waals surface area contributed by atoms with Gasteiger partial charge >= 0.3 is 11.9 Å². The maximum atomic E-state index is 11.4. The maximum Gasteiger partial charge on any atom is 0.306 e. The first kappa shape index (κ1) is 15.9. The molecule has 0 saturated carbocycles. The number of hydrogen-bond acceptors (Lipinski definition) is 4. The first-order valence-electron chi connectivity index (χ1n) is 6.30. The van der Waals surface area contributed by atoms with Gasteiger partial charge in [-0.2, -0.15) is 0 Å². The van der Waals surface area contributed by atoms with Crippen LogP contribution < -0.4 is 0 Å². The van der Waals surface area contributed by atoms with Crippen molar-refractivity contribution in [2.45, 2.75) is 47.0 Å². The fourth-order valence-corrected chi connectivity index (χ4v) is 1.82. The van der Waals surface area contributed by atoms with Gasteiger partial charge in [0, 0.05) is 12.8 Å². The molecule has 0 aromatic heterocycles. The largest absolute Gasteiger partial charge is 0.466 e. The van der Waals surface area contributed by atoms with Crippen molar-refractivity contribution in [3.63, 3.8) is 0 Å². The highest BCUT2D eigenvalue weighted by atomic mass is 16.5. The lowest BCUT2D eigenvalue weighted by atomic mass is 9.91. The number of esters is 2. The molecular formula is C13H24O4. The van der Waals surface area contributed by atoms with Crippen LogP contribution in [0.2, 0.25) is 0 Å². The Morgan fingerprint density at radius 3 is 1.65 bits per heavy atom. The van der Waals surface area contributed by atoms with Gasteiger partial charge in [0.25, 0.3) is 0 Å². The zero-order chi connectivity index (χ0) is 13.3. The van der Waals surface area contributed by atoms with Crippen molar-refractivity contribution >= 4 is 11.9 Å². The second kappa shape index (κ2) is 9.02. The number of ether oxygens (including phenoxy) is 2. The zero-order valence-electron chi connectivity index (χ0n) is 11.3. The van der Waals surface area contributed by atoms with E-state index in [9.17, 15) is 9.59 Å². The van der Waals surface area contributed by atoms with E-state index in [1.165, 1.54) is 0 Å². The Bertz CT molecular complexity index is 216. The van der Waals surface area contributed by atoms with Crippen LogP contribution in [0, 0.1) is 11.8 Å². The average molecular weight is 244 g/mol. The van der Waals surface area contributed by atoms with Gasteiger partial charge in [-0.15, -0.1) is 0 Å². The van der Waals surface area contributed by atoms with E-state index >= 15 is 0 Å². The van der Waals surface area contributed by atoms with Gasteiger partial charge in [0.2, 0.25) is 0 Å². The van der Waals surface area contributed by atoms with E-state index in [1.54, 1.807) is 13.8 Å². The molecule has 0 radical (unpaired) electrons. The summed E-state index contributed by atoms with van der Waals surface area (Å²) in [7, 11) is 0. The Hall–Kier alpha value is -1.06. The molecule has 100 valence electrons. The van der Waals surface area contributed by atoms with Crippen LogP contribution in [0.25, 0.3) is 0 Å². The number of rotatable bonds is 8. The molecule has 0 aliphatic heterocycles. The predicted octanol–water partition coefficient (Wildman–Crippen LogP) is 2.56. The molecule has 0 fully saturated rings. The standard InChI is InChI=1S/C13H24O4/c1-5-16-12(14)8-11(7-10(3)4)9-13(15)17-6-2/h10-11H,5-9H2,1-4H3. The Morgan fingerprint density at radius 2 is 1.35 bits per heavy atom. The second-order valence-corrected chi connectivity index (χ2v) is 4.51. The quantitative estimate of drug-likeness (QED) is 0.616. The van der Waals surface area contributed by atoms with E-state index in [1.807, 2.05) is 0 Å². The molecule has 0 N–H and O–H groups in total. The van der Waals surface area contributed by atoms with Crippen molar-refractivity contribution in [1.29, 1.82) is 0 Å². The molecule has 17 heavy (non-hydrogen) atoms. The van der Waals surface area contributed by atoms with Crippen molar-refractivity contribution < 1.29 is 19.1 Å². The normalized spacial score (nSPS) is 10.7. The van der Waals surface area contributed by atoms with Gasteiger partial charge in [0.15, 0.2) is 0 Å². The van der Waals surface area contributed by atoms with Crippen molar-refractivity contribution in [1.82, 2.24) is 0 Å². The third-order valence-corrected chi connectivity index (χ3v) is 2.33. The van der Waals surface area contributed by atoms with Gasteiger partial charge in [-0.25, -0.2) is 0 Å². The number of hydrogen-bond donors (Lipinski definition) is 0. The summed E-state index contributed by atoms with van der Waals surface area (Å²) in [6, 6.07) is 0. The molecule has 0 rings (SSSR count). The summed E-state index contributed by atoms with van der Waals surface area (Å²) in [6.07, 6.45) is 1.42. The second-order valence-electron chi connectivity index (χ2n) is 4.51. The van der Waals surface area contributed by atoms with Crippen molar-refractivity contribution in [3.8, 4) is 0 Å². The molecule has 0 aliphatic rings. The summed E-state index contributed by atoms with van der Waals surface area (Å²) >= 11 is 0. The summed E-state index contributed by atoms with van der Waals surface area (Å²) in [5, 5.41) is 0. The van der Waals surface area contributed by atoms with Gasteiger partial charge in [0.1, 0.15) is 0 Å². The van der Waals surface area contributed by atoms with Crippen molar-refractivity contribution in [3.05, 3.63) is 0 Å². The highest BCUT2D eigenvalue weighted by molar-refractivity contribution is 5.73. The summed E-state index contributed by atoms with van der Waals surface area (Å²) < 4.78 is 9.81. The topological polar surface area (TPSA) is 52.6 Å². The third-order valence-electron chi connectivity index (χ3n) is 2.33. The lowest BCUT2D eigenvalue weighted by Gasteiger charge is -2.17. The fraction of sp³-hybridized carbons (Fsp3) is 0.846. The van der Waals surface area contributed by atoms with Gasteiger partial charge in [-0.05, 0) is 32.1 Å². The van der Waals surface area contributed by atoms with Crippen LogP contribution in [0.4, 0.5) is 0 Å². The van der Waals surface area contributed by atoms with Crippen LogP contribution in [-0.2, 0) is 19.1 Å². The molecule has 0 heterocycles. The van der Waals surface area contributed by atoms with Crippen LogP contribution in [0.3, 0.4) is 0 Å². The molecule has 4 nitrogen and oxygen atoms in total. The van der Waals surface area contributed by atoms with E-state index in [0.29, 0.717) is 32.0 Å². The van der Waals surface area contributed by atoms with E-state index in [-0.39, 0.29) is 17.9 Å². The van der Waals surface area contributed by atoms with Gasteiger partial charge < -0.3 is 9.47 Å². The Balaban J connectivity index is 4.22. The van der Waals surface area contributed by atoms with Crippen LogP contribution >= 0.6 is 0 Å². The van der Waals surface area contributed by atoms with E-state index < -0.39 is 0 Å². The Labute approximate surface area is 104 Å². The minimum Gasteiger partial charge on any atom is -0.466 e. The molecule has 0 aromatic carbocycles.